The predicted octanol–water partition coefficient (Wildman–Crippen LogP) is 3.15. The summed E-state index contributed by atoms with van der Waals surface area (Å²) in [4.78, 5) is 11.8. The monoisotopic (exact) mass is 246 g/mol. The van der Waals surface area contributed by atoms with Crippen LogP contribution in [0.15, 0.2) is 36.9 Å². The normalized spacial score (nSPS) is 21.8. The number of aliphatic carboxylic acids is 1. The van der Waals surface area contributed by atoms with Crippen LogP contribution in [0.3, 0.4) is 0 Å². The van der Waals surface area contributed by atoms with Gasteiger partial charge in [0, 0.05) is 12.0 Å². The number of carbonyl (C=O) groups is 1. The number of hydrogen-bond acceptors (Lipinski definition) is 2. The van der Waals surface area contributed by atoms with Crippen molar-refractivity contribution in [2.24, 2.45) is 0 Å². The first-order valence-electron chi connectivity index (χ1n) is 6.27. The Morgan fingerprint density at radius 1 is 1.50 bits per heavy atom. The van der Waals surface area contributed by atoms with Crippen molar-refractivity contribution in [3.63, 3.8) is 0 Å². The zero-order chi connectivity index (χ0) is 13.0. The minimum atomic E-state index is -0.794. The molecule has 0 spiro atoms. The van der Waals surface area contributed by atoms with Crippen molar-refractivity contribution in [1.29, 1.82) is 0 Å². The zero-order valence-corrected chi connectivity index (χ0v) is 10.4. The van der Waals surface area contributed by atoms with Gasteiger partial charge in [0.25, 0.3) is 0 Å². The van der Waals surface area contributed by atoms with E-state index >= 15 is 0 Å². The average molecular weight is 246 g/mol. The molecule has 3 heteroatoms. The molecule has 1 unspecified atom stereocenters. The Bertz CT molecular complexity index is 453. The zero-order valence-electron chi connectivity index (χ0n) is 10.4. The van der Waals surface area contributed by atoms with Gasteiger partial charge < -0.3 is 9.84 Å². The molecule has 1 aromatic carbocycles. The van der Waals surface area contributed by atoms with Crippen LogP contribution in [0.25, 0.3) is 0 Å². The number of rotatable bonds is 5. The Balaban J connectivity index is 2.36. The highest BCUT2D eigenvalue weighted by atomic mass is 16.5. The van der Waals surface area contributed by atoms with Crippen molar-refractivity contribution in [3.8, 4) is 5.75 Å². The van der Waals surface area contributed by atoms with Crippen LogP contribution < -0.4 is 4.74 Å². The highest BCUT2D eigenvalue weighted by molar-refractivity contribution is 5.83. The maximum absolute atomic E-state index is 11.8. The van der Waals surface area contributed by atoms with Crippen LogP contribution >= 0.6 is 0 Å². The van der Waals surface area contributed by atoms with E-state index < -0.39 is 11.4 Å². The van der Waals surface area contributed by atoms with Gasteiger partial charge in [-0.3, -0.25) is 4.79 Å². The molecule has 1 heterocycles. The van der Waals surface area contributed by atoms with Crippen LogP contribution in [0.4, 0.5) is 0 Å². The van der Waals surface area contributed by atoms with Gasteiger partial charge in [0.2, 0.25) is 0 Å². The Labute approximate surface area is 107 Å². The van der Waals surface area contributed by atoms with Gasteiger partial charge in [0.05, 0.1) is 12.0 Å². The van der Waals surface area contributed by atoms with Crippen molar-refractivity contribution >= 4 is 5.97 Å². The molecule has 3 nitrogen and oxygen atoms in total. The Hall–Kier alpha value is -1.77. The van der Waals surface area contributed by atoms with Crippen LogP contribution in [0.2, 0.25) is 0 Å². The first-order valence-corrected chi connectivity index (χ1v) is 6.27. The molecule has 1 aliphatic rings. The molecule has 18 heavy (non-hydrogen) atoms. The van der Waals surface area contributed by atoms with E-state index in [1.54, 1.807) is 0 Å². The molecule has 1 aliphatic heterocycles. The highest BCUT2D eigenvalue weighted by Gasteiger charge is 2.43. The maximum Gasteiger partial charge on any atom is 0.314 e. The molecule has 0 amide bonds. The second-order valence-corrected chi connectivity index (χ2v) is 4.66. The quantitative estimate of drug-likeness (QED) is 0.641. The average Bonchev–Trinajstić information content (AvgIpc) is 2.39. The van der Waals surface area contributed by atoms with Crippen LogP contribution in [0.5, 0.6) is 5.75 Å². The summed E-state index contributed by atoms with van der Waals surface area (Å²) >= 11 is 0. The summed E-state index contributed by atoms with van der Waals surface area (Å²) in [5, 5.41) is 9.65. The lowest BCUT2D eigenvalue weighted by atomic mass is 9.72. The number of ether oxygens (including phenoxy) is 1. The topological polar surface area (TPSA) is 46.5 Å². The number of carboxylic acids is 1. The van der Waals surface area contributed by atoms with Crippen LogP contribution in [0.1, 0.15) is 31.2 Å². The Morgan fingerprint density at radius 2 is 2.28 bits per heavy atom. The van der Waals surface area contributed by atoms with Gasteiger partial charge in [-0.05, 0) is 25.3 Å². The molecule has 1 atom stereocenters. The number of unbranched alkanes of at least 4 members (excludes halogenated alkanes) is 1. The molecule has 2 rings (SSSR count). The summed E-state index contributed by atoms with van der Waals surface area (Å²) in [5.74, 6) is -0.0351. The van der Waals surface area contributed by atoms with Crippen molar-refractivity contribution in [2.45, 2.75) is 31.1 Å². The number of benzene rings is 1. The molecule has 0 radical (unpaired) electrons. The number of para-hydroxylation sites is 1. The van der Waals surface area contributed by atoms with Crippen molar-refractivity contribution in [2.75, 3.05) is 6.61 Å². The van der Waals surface area contributed by atoms with Crippen molar-refractivity contribution < 1.29 is 14.6 Å². The van der Waals surface area contributed by atoms with E-state index in [1.165, 1.54) is 0 Å². The fraction of sp³-hybridized carbons (Fsp3) is 0.400. The molecule has 0 bridgehead atoms. The molecule has 96 valence electrons. The summed E-state index contributed by atoms with van der Waals surface area (Å²) in [7, 11) is 0. The van der Waals surface area contributed by atoms with E-state index in [2.05, 4.69) is 6.58 Å². The van der Waals surface area contributed by atoms with Crippen LogP contribution in [0, 0.1) is 0 Å². The standard InChI is InChI=1S/C15H18O3/c1-2-3-6-9-15(14(16)17)10-11-18-13-8-5-4-7-12(13)15/h2,4-5,7-8H,1,3,6,9-11H2,(H,16,17). The first kappa shape index (κ1) is 12.7. The predicted molar refractivity (Wildman–Crippen MR) is 69.9 cm³/mol. The number of fused-ring (bicyclic) bond motifs is 1. The highest BCUT2D eigenvalue weighted by Crippen LogP contribution is 2.42. The lowest BCUT2D eigenvalue weighted by Crippen LogP contribution is -2.40. The van der Waals surface area contributed by atoms with Gasteiger partial charge in [-0.15, -0.1) is 6.58 Å². The van der Waals surface area contributed by atoms with Crippen molar-refractivity contribution in [1.82, 2.24) is 0 Å². The molecular weight excluding hydrogens is 228 g/mol. The molecule has 0 fully saturated rings. The summed E-state index contributed by atoms with van der Waals surface area (Å²) in [5.41, 5.74) is 0.0190. The van der Waals surface area contributed by atoms with Crippen LogP contribution in [-0.2, 0) is 10.2 Å². The van der Waals surface area contributed by atoms with Gasteiger partial charge >= 0.3 is 5.97 Å². The van der Waals surface area contributed by atoms with Gasteiger partial charge in [0.15, 0.2) is 0 Å². The molecule has 1 aromatic rings. The fourth-order valence-corrected chi connectivity index (χ4v) is 2.59. The third-order valence-electron chi connectivity index (χ3n) is 3.61. The third kappa shape index (κ3) is 2.13. The van der Waals surface area contributed by atoms with Gasteiger partial charge in [-0.1, -0.05) is 24.3 Å². The van der Waals surface area contributed by atoms with E-state index in [9.17, 15) is 9.90 Å². The van der Waals surface area contributed by atoms with E-state index in [4.69, 9.17) is 4.74 Å². The second-order valence-electron chi connectivity index (χ2n) is 4.66. The lowest BCUT2D eigenvalue weighted by Gasteiger charge is -2.35. The molecule has 0 aliphatic carbocycles. The molecule has 1 N–H and O–H groups in total. The van der Waals surface area contributed by atoms with Gasteiger partial charge in [-0.25, -0.2) is 0 Å². The molecule has 0 saturated heterocycles. The SMILES string of the molecule is C=CCCCC1(C(=O)O)CCOc2ccccc21. The van der Waals surface area contributed by atoms with Crippen molar-refractivity contribution in [3.05, 3.63) is 42.5 Å². The van der Waals surface area contributed by atoms with Gasteiger partial charge in [-0.2, -0.15) is 0 Å². The van der Waals surface area contributed by atoms with E-state index in [-0.39, 0.29) is 0 Å². The van der Waals surface area contributed by atoms with Gasteiger partial charge in [0.1, 0.15) is 5.75 Å². The number of hydrogen-bond donors (Lipinski definition) is 1. The summed E-state index contributed by atoms with van der Waals surface area (Å²) in [6.07, 6.45) is 4.69. The fourth-order valence-electron chi connectivity index (χ4n) is 2.59. The smallest absolute Gasteiger partial charge is 0.314 e. The van der Waals surface area contributed by atoms with E-state index in [1.807, 2.05) is 30.3 Å². The lowest BCUT2D eigenvalue weighted by molar-refractivity contribution is -0.145. The number of carboxylic acid groups (broad SMARTS) is 1. The summed E-state index contributed by atoms with van der Waals surface area (Å²) in [6, 6.07) is 7.47. The third-order valence-corrected chi connectivity index (χ3v) is 3.61. The molecular formula is C15H18O3. The summed E-state index contributed by atoms with van der Waals surface area (Å²) < 4.78 is 5.55. The maximum atomic E-state index is 11.8. The van der Waals surface area contributed by atoms with E-state index in [0.29, 0.717) is 25.2 Å². The minimum absolute atomic E-state index is 0.470. The number of allylic oxidation sites excluding steroid dienone is 1. The second kappa shape index (κ2) is 5.25. The molecule has 0 saturated carbocycles. The first-order chi connectivity index (χ1) is 8.70. The minimum Gasteiger partial charge on any atom is -0.493 e. The Morgan fingerprint density at radius 3 is 3.00 bits per heavy atom. The van der Waals surface area contributed by atoms with Crippen LogP contribution in [-0.4, -0.2) is 17.7 Å². The largest absolute Gasteiger partial charge is 0.493 e. The van der Waals surface area contributed by atoms with E-state index in [0.717, 1.165) is 18.4 Å². The summed E-state index contributed by atoms with van der Waals surface area (Å²) in [6.45, 7) is 4.15. The Kier molecular flexibility index (Phi) is 3.70. The molecule has 0 aromatic heterocycles.